The SMILES string of the molecule is OC[C@@H](O)[C@@H](CO)N1CCN(Cc2ccccc2)CCN([C@H](CO)[C@H](O)CO)CC1. The highest BCUT2D eigenvalue weighted by Gasteiger charge is 2.30. The van der Waals surface area contributed by atoms with Crippen LogP contribution in [0.4, 0.5) is 0 Å². The predicted octanol–water partition coefficient (Wildman–Crippen LogP) is -2.47. The maximum atomic E-state index is 10.2. The van der Waals surface area contributed by atoms with E-state index >= 15 is 0 Å². The van der Waals surface area contributed by atoms with Gasteiger partial charge in [-0.3, -0.25) is 14.7 Å². The van der Waals surface area contributed by atoms with Gasteiger partial charge in [-0.15, -0.1) is 0 Å². The molecule has 0 unspecified atom stereocenters. The van der Waals surface area contributed by atoms with Crippen LogP contribution in [0.15, 0.2) is 30.3 Å². The van der Waals surface area contributed by atoms with E-state index in [4.69, 9.17) is 0 Å². The van der Waals surface area contributed by atoms with E-state index in [1.165, 1.54) is 0 Å². The Bertz CT molecular complexity index is 551. The van der Waals surface area contributed by atoms with Gasteiger partial charge in [0.05, 0.1) is 50.7 Å². The lowest BCUT2D eigenvalue weighted by molar-refractivity contribution is -0.0301. The topological polar surface area (TPSA) is 131 Å². The number of aliphatic hydroxyl groups is 6. The lowest BCUT2D eigenvalue weighted by Crippen LogP contribution is -2.53. The summed E-state index contributed by atoms with van der Waals surface area (Å²) >= 11 is 0. The molecule has 0 aromatic heterocycles. The van der Waals surface area contributed by atoms with Crippen molar-refractivity contribution >= 4 is 0 Å². The summed E-state index contributed by atoms with van der Waals surface area (Å²) < 4.78 is 0. The molecule has 1 fully saturated rings. The van der Waals surface area contributed by atoms with Gasteiger partial charge in [-0.05, 0) is 5.56 Å². The van der Waals surface area contributed by atoms with Crippen LogP contribution in [0.2, 0.25) is 0 Å². The molecule has 0 bridgehead atoms. The molecule has 1 aromatic carbocycles. The van der Waals surface area contributed by atoms with E-state index in [-0.39, 0.29) is 13.2 Å². The minimum atomic E-state index is -1.07. The Morgan fingerprint density at radius 3 is 1.47 bits per heavy atom. The van der Waals surface area contributed by atoms with Crippen molar-refractivity contribution in [2.45, 2.75) is 30.8 Å². The van der Waals surface area contributed by atoms with Crippen LogP contribution < -0.4 is 0 Å². The maximum Gasteiger partial charge on any atom is 0.0947 e. The summed E-state index contributed by atoms with van der Waals surface area (Å²) in [6.07, 6.45) is -2.13. The molecule has 9 nitrogen and oxygen atoms in total. The summed E-state index contributed by atoms with van der Waals surface area (Å²) in [7, 11) is 0. The van der Waals surface area contributed by atoms with Crippen molar-refractivity contribution < 1.29 is 30.6 Å². The summed E-state index contributed by atoms with van der Waals surface area (Å²) in [6.45, 7) is 2.81. The quantitative estimate of drug-likeness (QED) is 0.241. The smallest absolute Gasteiger partial charge is 0.0947 e. The highest BCUT2D eigenvalue weighted by molar-refractivity contribution is 5.14. The zero-order valence-corrected chi connectivity index (χ0v) is 17.5. The van der Waals surface area contributed by atoms with Gasteiger partial charge in [-0.2, -0.15) is 0 Å². The van der Waals surface area contributed by atoms with Gasteiger partial charge in [-0.1, -0.05) is 30.3 Å². The van der Waals surface area contributed by atoms with Gasteiger partial charge >= 0.3 is 0 Å². The van der Waals surface area contributed by atoms with Crippen molar-refractivity contribution in [2.75, 3.05) is 65.7 Å². The van der Waals surface area contributed by atoms with Crippen molar-refractivity contribution in [3.63, 3.8) is 0 Å². The van der Waals surface area contributed by atoms with Gasteiger partial charge in [-0.25, -0.2) is 0 Å². The van der Waals surface area contributed by atoms with Gasteiger partial charge in [0.15, 0.2) is 0 Å². The summed E-state index contributed by atoms with van der Waals surface area (Å²) in [5.41, 5.74) is 1.16. The Balaban J connectivity index is 2.20. The number of hydrogen-bond acceptors (Lipinski definition) is 9. The van der Waals surface area contributed by atoms with Gasteiger partial charge < -0.3 is 30.6 Å². The van der Waals surface area contributed by atoms with Crippen molar-refractivity contribution in [1.29, 1.82) is 0 Å². The van der Waals surface area contributed by atoms with Crippen molar-refractivity contribution in [1.82, 2.24) is 14.7 Å². The summed E-state index contributed by atoms with van der Waals surface area (Å²) in [5.74, 6) is 0. The van der Waals surface area contributed by atoms with E-state index in [9.17, 15) is 30.6 Å². The molecule has 30 heavy (non-hydrogen) atoms. The summed E-state index contributed by atoms with van der Waals surface area (Å²) in [4.78, 5) is 6.13. The molecule has 1 aliphatic heterocycles. The zero-order chi connectivity index (χ0) is 21.9. The first kappa shape index (κ1) is 25.1. The first-order valence-electron chi connectivity index (χ1n) is 10.6. The van der Waals surface area contributed by atoms with Crippen LogP contribution in [0.25, 0.3) is 0 Å². The normalized spacial score (nSPS) is 21.9. The third-order valence-corrected chi connectivity index (χ3v) is 5.90. The van der Waals surface area contributed by atoms with E-state index in [1.54, 1.807) is 0 Å². The van der Waals surface area contributed by atoms with Gasteiger partial charge in [0.1, 0.15) is 0 Å². The Hall–Kier alpha value is -1.14. The largest absolute Gasteiger partial charge is 0.395 e. The molecular formula is C21H37N3O6. The Labute approximate surface area is 178 Å². The highest BCUT2D eigenvalue weighted by atomic mass is 16.3. The Kier molecular flexibility index (Phi) is 11.1. The third kappa shape index (κ3) is 7.23. The fraction of sp³-hybridized carbons (Fsp3) is 0.714. The lowest BCUT2D eigenvalue weighted by Gasteiger charge is -2.36. The standard InChI is InChI=1S/C21H37N3O6/c25-13-18(20(29)15-27)23-8-6-22(12-17-4-2-1-3-5-17)7-9-24(11-10-23)19(14-26)21(30)16-28/h1-5,18-21,25-30H,6-16H2/t18-,19-,20-,21-/m1/s1. The van der Waals surface area contributed by atoms with Crippen LogP contribution in [0, 0.1) is 0 Å². The highest BCUT2D eigenvalue weighted by Crippen LogP contribution is 2.13. The number of aliphatic hydroxyl groups excluding tert-OH is 6. The molecule has 0 saturated carbocycles. The minimum Gasteiger partial charge on any atom is -0.395 e. The Morgan fingerprint density at radius 1 is 0.633 bits per heavy atom. The second-order valence-corrected chi connectivity index (χ2v) is 7.83. The van der Waals surface area contributed by atoms with Crippen LogP contribution in [0.5, 0.6) is 0 Å². The lowest BCUT2D eigenvalue weighted by atomic mass is 10.1. The number of benzene rings is 1. The van der Waals surface area contributed by atoms with E-state index in [0.29, 0.717) is 39.3 Å². The molecular weight excluding hydrogens is 390 g/mol. The van der Waals surface area contributed by atoms with Gasteiger partial charge in [0.25, 0.3) is 0 Å². The van der Waals surface area contributed by atoms with Crippen molar-refractivity contribution in [3.8, 4) is 0 Å². The molecule has 1 aromatic rings. The third-order valence-electron chi connectivity index (χ3n) is 5.90. The summed E-state index contributed by atoms with van der Waals surface area (Å²) in [5, 5.41) is 58.7. The molecule has 1 heterocycles. The van der Waals surface area contributed by atoms with Crippen LogP contribution in [0.3, 0.4) is 0 Å². The first-order chi connectivity index (χ1) is 14.5. The molecule has 4 atom stereocenters. The molecule has 9 heteroatoms. The number of hydrogen-bond donors (Lipinski definition) is 6. The summed E-state index contributed by atoms with van der Waals surface area (Å²) in [6, 6.07) is 8.84. The second kappa shape index (κ2) is 13.3. The minimum absolute atomic E-state index is 0.289. The number of nitrogens with zero attached hydrogens (tertiary/aromatic N) is 3. The van der Waals surface area contributed by atoms with Gasteiger partial charge in [0.2, 0.25) is 0 Å². The van der Waals surface area contributed by atoms with Crippen LogP contribution in [-0.2, 0) is 6.54 Å². The molecule has 0 spiro atoms. The molecule has 6 N–H and O–H groups in total. The van der Waals surface area contributed by atoms with Crippen LogP contribution >= 0.6 is 0 Å². The van der Waals surface area contributed by atoms with E-state index in [0.717, 1.165) is 12.1 Å². The van der Waals surface area contributed by atoms with E-state index in [2.05, 4.69) is 17.0 Å². The van der Waals surface area contributed by atoms with Crippen LogP contribution in [-0.4, -0.2) is 135 Å². The molecule has 1 aliphatic rings. The van der Waals surface area contributed by atoms with Crippen LogP contribution in [0.1, 0.15) is 5.56 Å². The molecule has 0 amide bonds. The van der Waals surface area contributed by atoms with E-state index < -0.39 is 37.5 Å². The van der Waals surface area contributed by atoms with Crippen molar-refractivity contribution in [2.24, 2.45) is 0 Å². The molecule has 2 rings (SSSR count). The zero-order valence-electron chi connectivity index (χ0n) is 17.5. The van der Waals surface area contributed by atoms with E-state index in [1.807, 2.05) is 28.0 Å². The fourth-order valence-corrected chi connectivity index (χ4v) is 4.00. The molecule has 172 valence electrons. The first-order valence-corrected chi connectivity index (χ1v) is 10.6. The van der Waals surface area contributed by atoms with Crippen molar-refractivity contribution in [3.05, 3.63) is 35.9 Å². The second-order valence-electron chi connectivity index (χ2n) is 7.83. The predicted molar refractivity (Wildman–Crippen MR) is 113 cm³/mol. The average molecular weight is 428 g/mol. The van der Waals surface area contributed by atoms with Gasteiger partial charge in [0, 0.05) is 45.8 Å². The maximum absolute atomic E-state index is 10.2. The number of rotatable bonds is 10. The molecule has 0 aliphatic carbocycles. The average Bonchev–Trinajstić information content (AvgIpc) is 2.87. The fourth-order valence-electron chi connectivity index (χ4n) is 4.00. The molecule has 1 saturated heterocycles. The molecule has 0 radical (unpaired) electrons. The monoisotopic (exact) mass is 427 g/mol. The Morgan fingerprint density at radius 2 is 1.07 bits per heavy atom.